The minimum atomic E-state index is -4.97. The topological polar surface area (TPSA) is 237 Å². The Morgan fingerprint density at radius 1 is 0.255 bits per heavy atom. The molecule has 0 saturated heterocycles. The lowest BCUT2D eigenvalue weighted by Gasteiger charge is -2.21. The Morgan fingerprint density at radius 2 is 0.434 bits per heavy atom. The second-order valence-electron chi connectivity index (χ2n) is 31.8. The molecule has 19 heteroatoms. The summed E-state index contributed by atoms with van der Waals surface area (Å²) in [6, 6.07) is 0. The van der Waals surface area contributed by atoms with Crippen molar-refractivity contribution < 1.29 is 80.2 Å². The zero-order valence-electron chi connectivity index (χ0n) is 69.6. The molecule has 0 aromatic rings. The number of aliphatic hydroxyl groups excluding tert-OH is 1. The molecule has 0 fully saturated rings. The molecule has 0 saturated carbocycles. The third-order valence-corrected chi connectivity index (χ3v) is 22.4. The fraction of sp³-hybridized carbons (Fsp3) is 0.954. The van der Waals surface area contributed by atoms with Gasteiger partial charge in [-0.15, -0.1) is 0 Å². The van der Waals surface area contributed by atoms with E-state index in [-0.39, 0.29) is 25.7 Å². The van der Waals surface area contributed by atoms with Crippen LogP contribution in [0.5, 0.6) is 0 Å². The summed E-state index contributed by atoms with van der Waals surface area (Å²) in [6.45, 7) is 7.41. The first-order valence-electron chi connectivity index (χ1n) is 45.1. The van der Waals surface area contributed by atoms with Gasteiger partial charge in [-0.3, -0.25) is 37.3 Å². The number of aliphatic hydroxyl groups is 1. The molecular weight excluding hydrogens is 1380 g/mol. The lowest BCUT2D eigenvalue weighted by Crippen LogP contribution is -2.30. The lowest BCUT2D eigenvalue weighted by atomic mass is 10.0. The molecule has 3 N–H and O–H groups in total. The van der Waals surface area contributed by atoms with Gasteiger partial charge in [0.1, 0.15) is 19.3 Å². The molecule has 0 heterocycles. The fourth-order valence-corrected chi connectivity index (χ4v) is 15.2. The van der Waals surface area contributed by atoms with E-state index in [4.69, 9.17) is 37.0 Å². The Kier molecular flexibility index (Phi) is 78.2. The van der Waals surface area contributed by atoms with Crippen LogP contribution in [0.3, 0.4) is 0 Å². The van der Waals surface area contributed by atoms with Gasteiger partial charge in [-0.1, -0.05) is 420 Å². The van der Waals surface area contributed by atoms with Crippen LogP contribution < -0.4 is 0 Å². The molecular formula is C87H170O17P2. The Morgan fingerprint density at radius 3 is 0.642 bits per heavy atom. The van der Waals surface area contributed by atoms with Crippen LogP contribution in [0.2, 0.25) is 0 Å². The number of phosphoric ester groups is 2. The van der Waals surface area contributed by atoms with Gasteiger partial charge in [-0.25, -0.2) is 9.13 Å². The maximum atomic E-state index is 13.2. The van der Waals surface area contributed by atoms with Gasteiger partial charge in [0.25, 0.3) is 0 Å². The van der Waals surface area contributed by atoms with Crippen molar-refractivity contribution in [3.8, 4) is 0 Å². The van der Waals surface area contributed by atoms with Gasteiger partial charge in [0.2, 0.25) is 0 Å². The molecule has 0 aromatic carbocycles. The van der Waals surface area contributed by atoms with Gasteiger partial charge in [-0.05, 0) is 31.6 Å². The molecule has 2 unspecified atom stereocenters. The van der Waals surface area contributed by atoms with Crippen LogP contribution in [0.1, 0.15) is 471 Å². The Bertz CT molecular complexity index is 2010. The monoisotopic (exact) mass is 1550 g/mol. The third kappa shape index (κ3) is 80.1. The van der Waals surface area contributed by atoms with Gasteiger partial charge < -0.3 is 33.8 Å². The summed E-state index contributed by atoms with van der Waals surface area (Å²) in [5.74, 6) is -1.29. The minimum absolute atomic E-state index is 0.109. The van der Waals surface area contributed by atoms with Crippen molar-refractivity contribution in [3.63, 3.8) is 0 Å². The first-order chi connectivity index (χ1) is 51.5. The van der Waals surface area contributed by atoms with Crippen molar-refractivity contribution in [2.45, 2.75) is 490 Å². The fourth-order valence-electron chi connectivity index (χ4n) is 13.6. The normalized spacial score (nSPS) is 13.7. The van der Waals surface area contributed by atoms with Crippen LogP contribution in [-0.2, 0) is 65.4 Å². The van der Waals surface area contributed by atoms with Crippen molar-refractivity contribution in [3.05, 3.63) is 0 Å². The molecule has 5 atom stereocenters. The van der Waals surface area contributed by atoms with E-state index in [0.717, 1.165) is 95.8 Å². The molecule has 17 nitrogen and oxygen atoms in total. The van der Waals surface area contributed by atoms with Crippen LogP contribution in [0.4, 0.5) is 0 Å². The highest BCUT2D eigenvalue weighted by molar-refractivity contribution is 7.47. The van der Waals surface area contributed by atoms with Gasteiger partial charge in [0.05, 0.1) is 26.4 Å². The summed E-state index contributed by atoms with van der Waals surface area (Å²) in [7, 11) is -9.93. The average Bonchev–Trinajstić information content (AvgIpc) is 0.905. The highest BCUT2D eigenvalue weighted by atomic mass is 31.2. The Labute approximate surface area is 651 Å². The first-order valence-corrected chi connectivity index (χ1v) is 48.1. The van der Waals surface area contributed by atoms with Crippen molar-refractivity contribution in [2.75, 3.05) is 39.6 Å². The number of rotatable bonds is 87. The number of ether oxygens (including phenoxy) is 4. The molecule has 0 rings (SSSR count). The van der Waals surface area contributed by atoms with Crippen molar-refractivity contribution in [1.29, 1.82) is 0 Å². The number of carbonyl (C=O) groups excluding carboxylic acids is 4. The predicted molar refractivity (Wildman–Crippen MR) is 437 cm³/mol. The maximum Gasteiger partial charge on any atom is 0.472 e. The second kappa shape index (κ2) is 79.7. The first kappa shape index (κ1) is 104. The van der Waals surface area contributed by atoms with E-state index < -0.39 is 97.5 Å². The highest BCUT2D eigenvalue weighted by Crippen LogP contribution is 2.45. The number of phosphoric acid groups is 2. The molecule has 0 aliphatic rings. The van der Waals surface area contributed by atoms with E-state index >= 15 is 0 Å². The summed E-state index contributed by atoms with van der Waals surface area (Å²) < 4.78 is 69.0. The standard InChI is InChI=1S/C87H170O17P2/c1-6-9-12-15-18-21-24-26-28-30-32-37-41-46-51-56-61-66-71-85(90)98-77-83(104-87(92)73-68-63-58-53-48-43-39-35-34-36-40-45-49-54-59-64-69-80(4)5)79-102-106(95,96)100-75-81(88)74-99-105(93,94)101-78-82(76-97-84(89)70-65-60-55-50-44-23-20-17-14-11-8-3)103-86(91)72-67-62-57-52-47-42-38-33-31-29-27-25-22-19-16-13-10-7-2/h80-83,88H,6-79H2,1-5H3,(H,93,94)(H,95,96)/t81-,82+,83+/m0/s1. The molecule has 0 amide bonds. The summed E-state index contributed by atoms with van der Waals surface area (Å²) in [6.07, 6.45) is 73.5. The van der Waals surface area contributed by atoms with Gasteiger partial charge in [0, 0.05) is 25.7 Å². The highest BCUT2D eigenvalue weighted by Gasteiger charge is 2.30. The van der Waals surface area contributed by atoms with E-state index in [1.54, 1.807) is 0 Å². The largest absolute Gasteiger partial charge is 0.472 e. The third-order valence-electron chi connectivity index (χ3n) is 20.5. The second-order valence-corrected chi connectivity index (χ2v) is 34.7. The molecule has 0 aliphatic heterocycles. The van der Waals surface area contributed by atoms with Crippen molar-refractivity contribution in [1.82, 2.24) is 0 Å². The number of hydrogen-bond donors (Lipinski definition) is 3. The van der Waals surface area contributed by atoms with Crippen LogP contribution in [0.15, 0.2) is 0 Å². The Hall–Kier alpha value is -1.94. The average molecular weight is 1550 g/mol. The van der Waals surface area contributed by atoms with E-state index in [2.05, 4.69) is 34.6 Å². The van der Waals surface area contributed by atoms with Crippen molar-refractivity contribution in [2.24, 2.45) is 5.92 Å². The van der Waals surface area contributed by atoms with Gasteiger partial charge in [-0.2, -0.15) is 0 Å². The summed E-state index contributed by atoms with van der Waals surface area (Å²) in [5.41, 5.74) is 0. The molecule has 630 valence electrons. The number of unbranched alkanes of at least 4 members (excludes halogenated alkanes) is 59. The van der Waals surface area contributed by atoms with Crippen LogP contribution in [0.25, 0.3) is 0 Å². The maximum absolute atomic E-state index is 13.2. The molecule has 0 spiro atoms. The summed E-state index contributed by atoms with van der Waals surface area (Å²) in [5, 5.41) is 10.7. The number of esters is 4. The lowest BCUT2D eigenvalue weighted by molar-refractivity contribution is -0.161. The smallest absolute Gasteiger partial charge is 0.462 e. The molecule has 0 aromatic heterocycles. The van der Waals surface area contributed by atoms with Crippen LogP contribution in [-0.4, -0.2) is 96.7 Å². The number of carbonyl (C=O) groups is 4. The van der Waals surface area contributed by atoms with Crippen LogP contribution >= 0.6 is 15.6 Å². The van der Waals surface area contributed by atoms with Gasteiger partial charge >= 0.3 is 39.5 Å². The molecule has 0 bridgehead atoms. The van der Waals surface area contributed by atoms with Crippen LogP contribution in [0, 0.1) is 5.92 Å². The van der Waals surface area contributed by atoms with Crippen molar-refractivity contribution >= 4 is 39.5 Å². The summed E-state index contributed by atoms with van der Waals surface area (Å²) in [4.78, 5) is 73.3. The van der Waals surface area contributed by atoms with Gasteiger partial charge in [0.15, 0.2) is 12.2 Å². The zero-order valence-corrected chi connectivity index (χ0v) is 71.4. The summed E-state index contributed by atoms with van der Waals surface area (Å²) >= 11 is 0. The molecule has 0 aliphatic carbocycles. The quantitative estimate of drug-likeness (QED) is 0.0222. The molecule has 106 heavy (non-hydrogen) atoms. The minimum Gasteiger partial charge on any atom is -0.462 e. The SMILES string of the molecule is CCCCCCCCCCCCCCCCCCCCC(=O)OC[C@H](COP(=O)(O)OC[C@@H](O)COP(=O)(O)OC[C@@H](COC(=O)CCCCCCCCCCCCC)OC(=O)CCCCCCCCCCCCCCCCCCCC)OC(=O)CCCCCCCCCCCCCCCCCCC(C)C. The Balaban J connectivity index is 5.24. The van der Waals surface area contributed by atoms with E-state index in [1.165, 1.54) is 295 Å². The molecule has 0 radical (unpaired) electrons. The predicted octanol–water partition coefficient (Wildman–Crippen LogP) is 26.8. The number of hydrogen-bond acceptors (Lipinski definition) is 15. The van der Waals surface area contributed by atoms with E-state index in [1.807, 2.05) is 0 Å². The zero-order chi connectivity index (χ0) is 77.6. The van der Waals surface area contributed by atoms with E-state index in [0.29, 0.717) is 25.7 Å². The van der Waals surface area contributed by atoms with E-state index in [9.17, 15) is 43.2 Å².